The predicted molar refractivity (Wildman–Crippen MR) is 112 cm³/mol. The summed E-state index contributed by atoms with van der Waals surface area (Å²) >= 11 is 0. The average molecular weight is 383 g/mol. The number of rotatable bonds is 7. The maximum atomic E-state index is 12.8. The van der Waals surface area contributed by atoms with Crippen LogP contribution in [0.1, 0.15) is 21.5 Å². The summed E-state index contributed by atoms with van der Waals surface area (Å²) in [6, 6.07) is 25.1. The molecule has 0 aliphatic rings. The summed E-state index contributed by atoms with van der Waals surface area (Å²) < 4.78 is 7.83. The van der Waals surface area contributed by atoms with Crippen LogP contribution in [0.5, 0.6) is 5.75 Å². The molecular weight excluding hydrogens is 362 g/mol. The molecule has 29 heavy (non-hydrogen) atoms. The van der Waals surface area contributed by atoms with E-state index >= 15 is 0 Å². The molecule has 0 saturated carbocycles. The van der Waals surface area contributed by atoms with Gasteiger partial charge in [0, 0.05) is 18.9 Å². The van der Waals surface area contributed by atoms with E-state index in [0.29, 0.717) is 24.5 Å². The van der Waals surface area contributed by atoms with Gasteiger partial charge in [0.15, 0.2) is 0 Å². The van der Waals surface area contributed by atoms with Gasteiger partial charge in [-0.25, -0.2) is 4.98 Å². The van der Waals surface area contributed by atoms with Crippen LogP contribution in [-0.2, 0) is 13.2 Å². The molecule has 144 valence electrons. The fraction of sp³-hybridized carbons (Fsp3) is 0.0833. The second-order valence-corrected chi connectivity index (χ2v) is 6.55. The van der Waals surface area contributed by atoms with Crippen molar-refractivity contribution in [3.63, 3.8) is 0 Å². The lowest BCUT2D eigenvalue weighted by Gasteiger charge is -2.13. The number of benzene rings is 3. The number of ether oxygens (including phenoxy) is 1. The lowest BCUT2D eigenvalue weighted by atomic mass is 10.1. The highest BCUT2D eigenvalue weighted by atomic mass is 16.5. The monoisotopic (exact) mass is 383 g/mol. The molecule has 1 amide bonds. The second-order valence-electron chi connectivity index (χ2n) is 6.55. The minimum Gasteiger partial charge on any atom is -0.488 e. The standard InChI is InChI=1S/C24H21N3O2/c28-24(26-16-20-10-4-6-12-22(20)27-15-14-25-18-27)21-11-5-7-13-23(21)29-17-19-8-2-1-3-9-19/h1-15,18H,16-17H2,(H,26,28). The Hall–Kier alpha value is -3.86. The Balaban J connectivity index is 1.46. The minimum atomic E-state index is -0.172. The molecule has 0 aliphatic heterocycles. The second kappa shape index (κ2) is 8.89. The molecule has 0 bridgehead atoms. The highest BCUT2D eigenvalue weighted by molar-refractivity contribution is 5.96. The minimum absolute atomic E-state index is 0.172. The lowest BCUT2D eigenvalue weighted by Crippen LogP contribution is -2.24. The number of amides is 1. The molecular formula is C24H21N3O2. The van der Waals surface area contributed by atoms with Crippen LogP contribution in [0, 0.1) is 0 Å². The Labute approximate surface area is 169 Å². The van der Waals surface area contributed by atoms with Crippen molar-refractivity contribution in [2.45, 2.75) is 13.2 Å². The molecule has 0 unspecified atom stereocenters. The maximum Gasteiger partial charge on any atom is 0.255 e. The molecule has 1 N–H and O–H groups in total. The molecule has 0 saturated heterocycles. The SMILES string of the molecule is O=C(NCc1ccccc1-n1ccnc1)c1ccccc1OCc1ccccc1. The number of nitrogens with one attached hydrogen (secondary N) is 1. The van der Waals surface area contributed by atoms with Gasteiger partial charge < -0.3 is 14.6 Å². The third-order valence-corrected chi connectivity index (χ3v) is 4.58. The topological polar surface area (TPSA) is 56.2 Å². The van der Waals surface area contributed by atoms with E-state index < -0.39 is 0 Å². The van der Waals surface area contributed by atoms with Gasteiger partial charge >= 0.3 is 0 Å². The molecule has 0 spiro atoms. The Bertz CT molecular complexity index is 1080. The number of hydrogen-bond donors (Lipinski definition) is 1. The summed E-state index contributed by atoms with van der Waals surface area (Å²) in [4.78, 5) is 16.9. The molecule has 4 rings (SSSR count). The highest BCUT2D eigenvalue weighted by Gasteiger charge is 2.13. The zero-order chi connectivity index (χ0) is 19.9. The molecule has 0 radical (unpaired) electrons. The number of nitrogens with zero attached hydrogens (tertiary/aromatic N) is 2. The summed E-state index contributed by atoms with van der Waals surface area (Å²) in [5, 5.41) is 3.00. The Morgan fingerprint density at radius 2 is 1.69 bits per heavy atom. The van der Waals surface area contributed by atoms with Gasteiger partial charge in [0.05, 0.1) is 17.6 Å². The molecule has 0 aliphatic carbocycles. The van der Waals surface area contributed by atoms with E-state index in [-0.39, 0.29) is 5.91 Å². The van der Waals surface area contributed by atoms with Crippen molar-refractivity contribution in [1.29, 1.82) is 0 Å². The van der Waals surface area contributed by atoms with E-state index in [0.717, 1.165) is 16.8 Å². The Kier molecular flexibility index (Phi) is 5.67. The average Bonchev–Trinajstić information content (AvgIpc) is 3.32. The van der Waals surface area contributed by atoms with Crippen LogP contribution < -0.4 is 10.1 Å². The maximum absolute atomic E-state index is 12.8. The Morgan fingerprint density at radius 1 is 0.931 bits per heavy atom. The zero-order valence-electron chi connectivity index (χ0n) is 15.9. The highest BCUT2D eigenvalue weighted by Crippen LogP contribution is 2.20. The molecule has 4 aromatic rings. The predicted octanol–water partition coefficient (Wildman–Crippen LogP) is 4.38. The Morgan fingerprint density at radius 3 is 2.52 bits per heavy atom. The zero-order valence-corrected chi connectivity index (χ0v) is 15.9. The number of carbonyl (C=O) groups is 1. The van der Waals surface area contributed by atoms with E-state index in [9.17, 15) is 4.79 Å². The number of hydrogen-bond acceptors (Lipinski definition) is 3. The largest absolute Gasteiger partial charge is 0.488 e. The smallest absolute Gasteiger partial charge is 0.255 e. The van der Waals surface area contributed by atoms with E-state index in [1.807, 2.05) is 83.6 Å². The van der Waals surface area contributed by atoms with Crippen LogP contribution in [0.2, 0.25) is 0 Å². The van der Waals surface area contributed by atoms with Crippen LogP contribution in [0.4, 0.5) is 0 Å². The number of imidazole rings is 1. The van der Waals surface area contributed by atoms with Crippen molar-refractivity contribution in [1.82, 2.24) is 14.9 Å². The summed E-state index contributed by atoms with van der Waals surface area (Å²) in [5.41, 5.74) is 3.56. The lowest BCUT2D eigenvalue weighted by molar-refractivity contribution is 0.0946. The van der Waals surface area contributed by atoms with E-state index in [1.54, 1.807) is 18.6 Å². The quantitative estimate of drug-likeness (QED) is 0.515. The van der Waals surface area contributed by atoms with Gasteiger partial charge in [0.25, 0.3) is 5.91 Å². The molecule has 0 atom stereocenters. The normalized spacial score (nSPS) is 10.5. The third kappa shape index (κ3) is 4.52. The van der Waals surface area contributed by atoms with Gasteiger partial charge in [-0.2, -0.15) is 0 Å². The van der Waals surface area contributed by atoms with Crippen molar-refractivity contribution in [2.24, 2.45) is 0 Å². The number of para-hydroxylation sites is 2. The molecule has 0 fully saturated rings. The summed E-state index contributed by atoms with van der Waals surface area (Å²) in [6.45, 7) is 0.814. The van der Waals surface area contributed by atoms with Crippen molar-refractivity contribution in [3.05, 3.63) is 114 Å². The van der Waals surface area contributed by atoms with Crippen molar-refractivity contribution in [3.8, 4) is 11.4 Å². The first kappa shape index (κ1) is 18.5. The van der Waals surface area contributed by atoms with Crippen molar-refractivity contribution >= 4 is 5.91 Å². The van der Waals surface area contributed by atoms with Gasteiger partial charge in [-0.1, -0.05) is 60.7 Å². The van der Waals surface area contributed by atoms with Crippen LogP contribution in [0.15, 0.2) is 97.6 Å². The van der Waals surface area contributed by atoms with Gasteiger partial charge in [-0.3, -0.25) is 4.79 Å². The third-order valence-electron chi connectivity index (χ3n) is 4.58. The van der Waals surface area contributed by atoms with Gasteiger partial charge in [0.2, 0.25) is 0 Å². The molecule has 1 heterocycles. The molecule has 5 heteroatoms. The molecule has 5 nitrogen and oxygen atoms in total. The van der Waals surface area contributed by atoms with Crippen LogP contribution >= 0.6 is 0 Å². The molecule has 1 aromatic heterocycles. The first-order valence-corrected chi connectivity index (χ1v) is 9.41. The van der Waals surface area contributed by atoms with E-state index in [1.165, 1.54) is 0 Å². The van der Waals surface area contributed by atoms with Crippen LogP contribution in [0.25, 0.3) is 5.69 Å². The molecule has 3 aromatic carbocycles. The fourth-order valence-electron chi connectivity index (χ4n) is 3.10. The van der Waals surface area contributed by atoms with E-state index in [2.05, 4.69) is 10.3 Å². The summed E-state index contributed by atoms with van der Waals surface area (Å²) in [6.07, 6.45) is 5.36. The first-order chi connectivity index (χ1) is 14.3. The first-order valence-electron chi connectivity index (χ1n) is 9.41. The summed E-state index contributed by atoms with van der Waals surface area (Å²) in [7, 11) is 0. The number of aromatic nitrogens is 2. The van der Waals surface area contributed by atoms with Gasteiger partial charge in [-0.15, -0.1) is 0 Å². The van der Waals surface area contributed by atoms with Crippen molar-refractivity contribution < 1.29 is 9.53 Å². The van der Waals surface area contributed by atoms with Crippen LogP contribution in [-0.4, -0.2) is 15.5 Å². The van der Waals surface area contributed by atoms with Gasteiger partial charge in [-0.05, 0) is 29.3 Å². The summed E-state index contributed by atoms with van der Waals surface area (Å²) in [5.74, 6) is 0.394. The van der Waals surface area contributed by atoms with Crippen molar-refractivity contribution in [2.75, 3.05) is 0 Å². The number of carbonyl (C=O) groups excluding carboxylic acids is 1. The van der Waals surface area contributed by atoms with Crippen LogP contribution in [0.3, 0.4) is 0 Å². The van der Waals surface area contributed by atoms with Gasteiger partial charge in [0.1, 0.15) is 12.4 Å². The fourth-order valence-corrected chi connectivity index (χ4v) is 3.10. The van der Waals surface area contributed by atoms with E-state index in [4.69, 9.17) is 4.74 Å².